The number of rotatable bonds is 14. The predicted molar refractivity (Wildman–Crippen MR) is 272 cm³/mol. The minimum absolute atomic E-state index is 0.00284. The molecule has 0 radical (unpaired) electrons. The maximum atomic E-state index is 13.1. The number of aliphatic carboxylic acids is 1. The van der Waals surface area contributed by atoms with Crippen LogP contribution in [0.2, 0.25) is 0 Å². The number of nitrogens with zero attached hydrogens (tertiary/aromatic N) is 9. The van der Waals surface area contributed by atoms with Crippen molar-refractivity contribution in [3.63, 3.8) is 0 Å². The van der Waals surface area contributed by atoms with Crippen LogP contribution in [0.25, 0.3) is 43.6 Å². The van der Waals surface area contributed by atoms with Crippen LogP contribution in [0.4, 0.5) is 17.6 Å². The number of fused-ring (bicyclic) bond motifs is 4. The number of hydrogen-bond acceptors (Lipinski definition) is 15. The molecule has 6 N–H and O–H groups in total. The highest BCUT2D eigenvalue weighted by Crippen LogP contribution is 2.28. The lowest BCUT2D eigenvalue weighted by Gasteiger charge is -2.16. The highest BCUT2D eigenvalue weighted by molar-refractivity contribution is 5.86. The molecule has 402 valence electrons. The number of amides is 1. The van der Waals surface area contributed by atoms with E-state index in [2.05, 4.69) is 35.5 Å². The van der Waals surface area contributed by atoms with Gasteiger partial charge in [-0.05, 0) is 43.7 Å². The summed E-state index contributed by atoms with van der Waals surface area (Å²) in [5.41, 5.74) is 1.98. The number of nitrogens with one attached hydrogen (secondary N) is 3. The molecular weight excluding hydrogens is 1010 g/mol. The summed E-state index contributed by atoms with van der Waals surface area (Å²) in [6, 6.07) is 23.2. The lowest BCUT2D eigenvalue weighted by atomic mass is 10.1. The number of hydrogen-bond donors (Lipinski definition) is 6. The topological polar surface area (TPSA) is 303 Å². The van der Waals surface area contributed by atoms with E-state index in [1.54, 1.807) is 48.5 Å². The number of imidazole rings is 2. The van der Waals surface area contributed by atoms with Crippen molar-refractivity contribution < 1.29 is 51.9 Å². The second kappa shape index (κ2) is 25.6. The largest absolute Gasteiger partial charge is 0.486 e. The fourth-order valence-corrected chi connectivity index (χ4v) is 8.43. The first-order chi connectivity index (χ1) is 37.1. The molecule has 2 saturated heterocycles. The van der Waals surface area contributed by atoms with Gasteiger partial charge in [-0.1, -0.05) is 50.2 Å². The Morgan fingerprint density at radius 3 is 1.56 bits per heavy atom. The van der Waals surface area contributed by atoms with E-state index in [0.29, 0.717) is 79.6 Å². The predicted octanol–water partition coefficient (Wildman–Crippen LogP) is 4.80. The number of halogens is 4. The molecule has 6 heterocycles. The van der Waals surface area contributed by atoms with Crippen LogP contribution >= 0.6 is 0 Å². The van der Waals surface area contributed by atoms with E-state index < -0.39 is 55.8 Å². The van der Waals surface area contributed by atoms with E-state index in [1.165, 1.54) is 29.2 Å². The van der Waals surface area contributed by atoms with Crippen molar-refractivity contribution in [1.29, 1.82) is 10.5 Å². The zero-order valence-electron chi connectivity index (χ0n) is 41.6. The number of carboxylic acid groups (broad SMARTS) is 1. The number of H-pyrrole nitrogens is 2. The van der Waals surface area contributed by atoms with Crippen molar-refractivity contribution in [3.05, 3.63) is 128 Å². The smallest absolute Gasteiger partial charge is 0.325 e. The van der Waals surface area contributed by atoms with Crippen molar-refractivity contribution >= 4 is 55.5 Å². The van der Waals surface area contributed by atoms with Gasteiger partial charge in [0.25, 0.3) is 24.0 Å². The lowest BCUT2D eigenvalue weighted by molar-refractivity contribution is -0.138. The number of ether oxygens (including phenoxy) is 2. The van der Waals surface area contributed by atoms with Gasteiger partial charge in [0.1, 0.15) is 61.6 Å². The van der Waals surface area contributed by atoms with E-state index in [4.69, 9.17) is 19.7 Å². The maximum absolute atomic E-state index is 13.1. The lowest BCUT2D eigenvalue weighted by Crippen LogP contribution is -2.37. The molecule has 0 spiro atoms. The molecule has 0 saturated carbocycles. The van der Waals surface area contributed by atoms with Gasteiger partial charge < -0.3 is 45.0 Å². The van der Waals surface area contributed by atoms with Gasteiger partial charge in [-0.2, -0.15) is 20.7 Å². The number of β-amino-alcohol motifs (C(OH)–C–C–N with tert-alkyl or cyclic N) is 2. The van der Waals surface area contributed by atoms with Crippen molar-refractivity contribution in [2.45, 2.75) is 77.7 Å². The van der Waals surface area contributed by atoms with E-state index in [-0.39, 0.29) is 60.6 Å². The van der Waals surface area contributed by atoms with Crippen LogP contribution in [0, 0.1) is 22.7 Å². The second-order valence-corrected chi connectivity index (χ2v) is 17.3. The summed E-state index contributed by atoms with van der Waals surface area (Å²) in [6.45, 7) is 3.87. The number of carbonyl (C=O) groups excluding carboxylic acids is 1. The van der Waals surface area contributed by atoms with Crippen LogP contribution in [0.15, 0.2) is 82.4 Å². The summed E-state index contributed by atoms with van der Waals surface area (Å²) in [5.74, 6) is -0.621. The van der Waals surface area contributed by atoms with E-state index in [1.807, 2.05) is 26.0 Å². The van der Waals surface area contributed by atoms with Gasteiger partial charge in [0.05, 0.1) is 80.4 Å². The van der Waals surface area contributed by atoms with Crippen molar-refractivity contribution in [1.82, 2.24) is 49.7 Å². The number of nitriles is 2. The van der Waals surface area contributed by atoms with Gasteiger partial charge in [0, 0.05) is 42.5 Å². The quantitative estimate of drug-likeness (QED) is 0.0797. The molecule has 2 fully saturated rings. The molecule has 0 aliphatic carbocycles. The standard InChI is InChI=1S/C25H22F2N6O4.C21H15F2N5O4.C4H9NO.C2H6/c26-22(27)13-37-21-8-20-19(7-14(21)10-28)29-23(30-20)9-18-16-3-1-2-4-17(16)25(36)33(31-18)12-24(35)32-6-5-15(34)11-32;22-18(23)10-32-17-6-16-15(5-11(17)8-24)25-19(26-16)7-14-12-3-1-2-4-13(12)21(31)28(27-14)9-20(29)30;6-4-1-2-5-3-4;1-2/h1-4,7-8,15,22,34H,5-6,9,11-13H2,(H,29,30);1-6,18H,7,9-10H2,(H,25,26)(H,29,30);4-6H,1-3H2;1-2H3/t15-;;4-;/m0.0./s1. The zero-order chi connectivity index (χ0) is 55.3. The summed E-state index contributed by atoms with van der Waals surface area (Å²) in [6.07, 6.45) is -4.29. The number of aromatic nitrogens is 8. The van der Waals surface area contributed by atoms with E-state index in [9.17, 15) is 52.4 Å². The number of aliphatic hydroxyl groups is 2. The number of benzene rings is 4. The number of aliphatic hydroxyl groups excluding tert-OH is 2. The average molecular weight is 1070 g/mol. The highest BCUT2D eigenvalue weighted by atomic mass is 19.3. The summed E-state index contributed by atoms with van der Waals surface area (Å²) in [7, 11) is 0. The van der Waals surface area contributed by atoms with Gasteiger partial charge in [-0.15, -0.1) is 0 Å². The Morgan fingerprint density at radius 2 is 1.18 bits per heavy atom. The number of carboxylic acids is 1. The summed E-state index contributed by atoms with van der Waals surface area (Å²) in [4.78, 5) is 66.0. The van der Waals surface area contributed by atoms with Crippen molar-refractivity contribution in [2.24, 2.45) is 0 Å². The zero-order valence-corrected chi connectivity index (χ0v) is 41.6. The molecule has 2 aliphatic heterocycles. The molecule has 2 aliphatic rings. The van der Waals surface area contributed by atoms with Crippen LogP contribution in [0.1, 0.15) is 60.9 Å². The van der Waals surface area contributed by atoms with Crippen LogP contribution in [-0.4, -0.2) is 136 Å². The first kappa shape index (κ1) is 56.0. The van der Waals surface area contributed by atoms with Crippen molar-refractivity contribution in [3.8, 4) is 23.6 Å². The van der Waals surface area contributed by atoms with E-state index >= 15 is 0 Å². The third-order valence-electron chi connectivity index (χ3n) is 11.9. The van der Waals surface area contributed by atoms with Crippen LogP contribution < -0.4 is 25.9 Å². The Morgan fingerprint density at radius 1 is 0.714 bits per heavy atom. The molecule has 77 heavy (non-hydrogen) atoms. The molecule has 21 nitrogen and oxygen atoms in total. The minimum Gasteiger partial charge on any atom is -0.486 e. The van der Waals surface area contributed by atoms with Gasteiger partial charge in [0.15, 0.2) is 0 Å². The Kier molecular flexibility index (Phi) is 18.6. The van der Waals surface area contributed by atoms with E-state index in [0.717, 1.165) is 28.9 Å². The molecule has 25 heteroatoms. The van der Waals surface area contributed by atoms with Gasteiger partial charge in [-0.3, -0.25) is 19.2 Å². The molecule has 1 amide bonds. The number of likely N-dealkylation sites (tertiary alicyclic amines) is 1. The molecule has 0 unspecified atom stereocenters. The molecule has 8 aromatic rings. The molecule has 4 aromatic carbocycles. The Bertz CT molecular complexity index is 3620. The highest BCUT2D eigenvalue weighted by Gasteiger charge is 2.26. The normalized spacial score (nSPS) is 14.9. The summed E-state index contributed by atoms with van der Waals surface area (Å²) in [5, 5.41) is 59.7. The van der Waals surface area contributed by atoms with Crippen LogP contribution in [-0.2, 0) is 35.5 Å². The number of carbonyl (C=O) groups is 2. The third-order valence-corrected chi connectivity index (χ3v) is 11.9. The first-order valence-electron chi connectivity index (χ1n) is 24.3. The molecule has 10 rings (SSSR count). The monoisotopic (exact) mass is 1060 g/mol. The Hall–Kier alpha value is -8.78. The summed E-state index contributed by atoms with van der Waals surface area (Å²) < 4.78 is 62.2. The fraction of sp³-hybridized carbons (Fsp3) is 0.346. The maximum Gasteiger partial charge on any atom is 0.325 e. The summed E-state index contributed by atoms with van der Waals surface area (Å²) >= 11 is 0. The minimum atomic E-state index is -2.69. The molecule has 2 atom stereocenters. The second-order valence-electron chi connectivity index (χ2n) is 17.3. The third kappa shape index (κ3) is 13.9. The molecular formula is C52H52F4N12O9. The molecule has 0 bridgehead atoms. The number of aromatic amines is 2. The number of alkyl halides is 4. The van der Waals surface area contributed by atoms with Gasteiger partial charge >= 0.3 is 5.97 Å². The fourth-order valence-electron chi connectivity index (χ4n) is 8.43. The average Bonchev–Trinajstić information content (AvgIpc) is 4.31. The van der Waals surface area contributed by atoms with Crippen LogP contribution in [0.3, 0.4) is 0 Å². The Balaban J connectivity index is 0.000000197. The van der Waals surface area contributed by atoms with Gasteiger partial charge in [-0.25, -0.2) is 36.9 Å². The van der Waals surface area contributed by atoms with Crippen molar-refractivity contribution in [2.75, 3.05) is 39.4 Å². The Labute approximate surface area is 434 Å². The van der Waals surface area contributed by atoms with Crippen LogP contribution in [0.5, 0.6) is 11.5 Å². The SMILES string of the molecule is CC.N#Cc1cc2[nH]c(Cc3nn(CC(=O)N4CC[C@H](O)C4)c(=O)c4ccccc34)nc2cc1OCC(F)F.N#Cc1cc2[nH]c(Cc3nn(CC(=O)O)c(=O)c4ccccc34)nc2cc1OCC(F)F.O[C@H]1CCNC1. The van der Waals surface area contributed by atoms with Gasteiger partial charge in [0.2, 0.25) is 5.91 Å². The first-order valence-corrected chi connectivity index (χ1v) is 24.3. The molecule has 4 aromatic heterocycles.